The lowest BCUT2D eigenvalue weighted by molar-refractivity contribution is -0.121. The van der Waals surface area contributed by atoms with Crippen molar-refractivity contribution >= 4 is 5.91 Å². The Labute approximate surface area is 157 Å². The van der Waals surface area contributed by atoms with Gasteiger partial charge in [0.2, 0.25) is 5.91 Å². The molecule has 2 aromatic rings. The number of hydrogen-bond acceptors (Lipinski definition) is 3. The molecule has 0 aliphatic carbocycles. The Kier molecular flexibility index (Phi) is 7.19. The molecule has 0 spiro atoms. The molecule has 4 nitrogen and oxygen atoms in total. The molecule has 1 aromatic carbocycles. The van der Waals surface area contributed by atoms with E-state index >= 15 is 0 Å². The molecule has 0 bridgehead atoms. The lowest BCUT2D eigenvalue weighted by Crippen LogP contribution is -2.36. The first-order valence-corrected chi connectivity index (χ1v) is 9.26. The van der Waals surface area contributed by atoms with E-state index in [9.17, 15) is 4.79 Å². The zero-order valence-electron chi connectivity index (χ0n) is 16.3. The Bertz CT molecular complexity index is 711. The van der Waals surface area contributed by atoms with Crippen molar-refractivity contribution < 1.29 is 9.53 Å². The van der Waals surface area contributed by atoms with Crippen LogP contribution in [0.25, 0.3) is 0 Å². The van der Waals surface area contributed by atoms with Crippen molar-refractivity contribution in [2.45, 2.75) is 52.4 Å². The van der Waals surface area contributed by atoms with Gasteiger partial charge in [0.15, 0.2) is 0 Å². The van der Waals surface area contributed by atoms with Gasteiger partial charge >= 0.3 is 0 Å². The molecule has 0 aliphatic rings. The number of nitrogens with zero attached hydrogens (tertiary/aromatic N) is 1. The van der Waals surface area contributed by atoms with Gasteiger partial charge in [-0.15, -0.1) is 0 Å². The number of nitrogens with one attached hydrogen (secondary N) is 1. The van der Waals surface area contributed by atoms with Gasteiger partial charge in [0.25, 0.3) is 0 Å². The molecule has 0 fully saturated rings. The number of unbranched alkanes of at least 4 members (excludes halogenated alkanes) is 1. The van der Waals surface area contributed by atoms with E-state index in [2.05, 4.69) is 49.3 Å². The zero-order chi connectivity index (χ0) is 19.0. The maximum atomic E-state index is 12.1. The Morgan fingerprint density at radius 3 is 2.58 bits per heavy atom. The van der Waals surface area contributed by atoms with E-state index in [1.54, 1.807) is 12.4 Å². The van der Waals surface area contributed by atoms with Gasteiger partial charge in [-0.3, -0.25) is 9.78 Å². The fraction of sp³-hybridized carbons (Fsp3) is 0.455. The minimum absolute atomic E-state index is 0.0962. The number of carbonyl (C=O) groups excluding carboxylic acids is 1. The molecule has 1 heterocycles. The van der Waals surface area contributed by atoms with Gasteiger partial charge in [-0.25, -0.2) is 0 Å². The van der Waals surface area contributed by atoms with Crippen LogP contribution in [0.5, 0.6) is 5.75 Å². The van der Waals surface area contributed by atoms with Crippen LogP contribution in [0.2, 0.25) is 0 Å². The summed E-state index contributed by atoms with van der Waals surface area (Å²) in [5.74, 6) is 1.03. The van der Waals surface area contributed by atoms with Crippen LogP contribution in [-0.4, -0.2) is 24.0 Å². The molecule has 26 heavy (non-hydrogen) atoms. The summed E-state index contributed by atoms with van der Waals surface area (Å²) < 4.78 is 5.83. The fourth-order valence-corrected chi connectivity index (χ4v) is 2.75. The normalized spacial score (nSPS) is 11.2. The predicted octanol–water partition coefficient (Wildman–Crippen LogP) is 4.34. The molecule has 0 unspecified atom stereocenters. The highest BCUT2D eigenvalue weighted by Crippen LogP contribution is 2.21. The van der Waals surface area contributed by atoms with Crippen molar-refractivity contribution in [3.05, 3.63) is 59.4 Å². The second-order valence-electron chi connectivity index (χ2n) is 7.47. The molecular formula is C22H30N2O2. The average Bonchev–Trinajstić information content (AvgIpc) is 2.63. The smallest absolute Gasteiger partial charge is 0.220 e. The number of amides is 1. The fourth-order valence-electron chi connectivity index (χ4n) is 2.75. The van der Waals surface area contributed by atoms with Gasteiger partial charge in [0.1, 0.15) is 5.75 Å². The number of benzene rings is 1. The predicted molar refractivity (Wildman–Crippen MR) is 106 cm³/mol. The number of rotatable bonds is 9. The van der Waals surface area contributed by atoms with Crippen LogP contribution in [0.1, 0.15) is 49.8 Å². The van der Waals surface area contributed by atoms with Crippen LogP contribution in [0, 0.1) is 13.8 Å². The summed E-state index contributed by atoms with van der Waals surface area (Å²) in [7, 11) is 0. The van der Waals surface area contributed by atoms with Gasteiger partial charge in [0.05, 0.1) is 6.61 Å². The van der Waals surface area contributed by atoms with Crippen LogP contribution in [0.3, 0.4) is 0 Å². The van der Waals surface area contributed by atoms with E-state index in [1.165, 1.54) is 11.1 Å². The molecule has 0 aliphatic heterocycles. The second-order valence-corrected chi connectivity index (χ2v) is 7.47. The number of aryl methyl sites for hydroxylation is 2. The Hall–Kier alpha value is -2.36. The maximum absolute atomic E-state index is 12.1. The first-order valence-electron chi connectivity index (χ1n) is 9.26. The number of carbonyl (C=O) groups is 1. The molecular weight excluding hydrogens is 324 g/mol. The van der Waals surface area contributed by atoms with Gasteiger partial charge in [-0.2, -0.15) is 0 Å². The van der Waals surface area contributed by atoms with E-state index in [1.807, 2.05) is 19.1 Å². The minimum atomic E-state index is -0.107. The average molecular weight is 354 g/mol. The lowest BCUT2D eigenvalue weighted by Gasteiger charge is -2.25. The third-order valence-corrected chi connectivity index (χ3v) is 4.59. The van der Waals surface area contributed by atoms with Crippen molar-refractivity contribution in [3.63, 3.8) is 0 Å². The maximum Gasteiger partial charge on any atom is 0.220 e. The summed E-state index contributed by atoms with van der Waals surface area (Å²) in [6.07, 6.45) is 5.80. The van der Waals surface area contributed by atoms with Crippen molar-refractivity contribution in [3.8, 4) is 5.75 Å². The number of pyridine rings is 1. The zero-order valence-corrected chi connectivity index (χ0v) is 16.3. The second kappa shape index (κ2) is 9.37. The molecule has 0 saturated carbocycles. The third kappa shape index (κ3) is 6.17. The summed E-state index contributed by atoms with van der Waals surface area (Å²) in [6.45, 7) is 9.62. The van der Waals surface area contributed by atoms with Gasteiger partial charge < -0.3 is 10.1 Å². The molecule has 1 amide bonds. The van der Waals surface area contributed by atoms with E-state index in [-0.39, 0.29) is 11.3 Å². The Balaban J connectivity index is 1.65. The minimum Gasteiger partial charge on any atom is -0.493 e. The molecule has 1 aromatic heterocycles. The number of ether oxygens (including phenoxy) is 1. The van der Waals surface area contributed by atoms with Gasteiger partial charge in [0, 0.05) is 30.8 Å². The standard InChI is InChI=1S/C22H30N2O2/c1-17-8-9-18(2)20(15-17)26-14-6-5-7-21(25)24-16-22(3,4)19-10-12-23-13-11-19/h8-13,15H,5-7,14,16H2,1-4H3,(H,24,25). The highest BCUT2D eigenvalue weighted by Gasteiger charge is 2.21. The van der Waals surface area contributed by atoms with Crippen molar-refractivity contribution in [2.24, 2.45) is 0 Å². The van der Waals surface area contributed by atoms with Crippen LogP contribution < -0.4 is 10.1 Å². The molecule has 0 radical (unpaired) electrons. The van der Waals surface area contributed by atoms with Gasteiger partial charge in [-0.1, -0.05) is 26.0 Å². The molecule has 0 saturated heterocycles. The Morgan fingerprint density at radius 1 is 1.12 bits per heavy atom. The quantitative estimate of drug-likeness (QED) is 0.682. The monoisotopic (exact) mass is 354 g/mol. The summed E-state index contributed by atoms with van der Waals surface area (Å²) >= 11 is 0. The molecule has 1 N–H and O–H groups in total. The third-order valence-electron chi connectivity index (χ3n) is 4.59. The molecule has 0 atom stereocenters. The van der Waals surface area contributed by atoms with Crippen LogP contribution in [0.4, 0.5) is 0 Å². The summed E-state index contributed by atoms with van der Waals surface area (Å²) in [5, 5.41) is 3.05. The highest BCUT2D eigenvalue weighted by atomic mass is 16.5. The van der Waals surface area contributed by atoms with Gasteiger partial charge in [-0.05, 0) is 61.6 Å². The largest absolute Gasteiger partial charge is 0.493 e. The highest BCUT2D eigenvalue weighted by molar-refractivity contribution is 5.75. The molecule has 140 valence electrons. The van der Waals surface area contributed by atoms with Crippen LogP contribution in [0.15, 0.2) is 42.7 Å². The van der Waals surface area contributed by atoms with E-state index in [4.69, 9.17) is 4.74 Å². The SMILES string of the molecule is Cc1ccc(C)c(OCCCCC(=O)NCC(C)(C)c2ccncc2)c1. The van der Waals surface area contributed by atoms with Crippen molar-refractivity contribution in [1.29, 1.82) is 0 Å². The number of aromatic nitrogens is 1. The Morgan fingerprint density at radius 2 is 1.85 bits per heavy atom. The summed E-state index contributed by atoms with van der Waals surface area (Å²) in [4.78, 5) is 16.1. The summed E-state index contributed by atoms with van der Waals surface area (Å²) in [5.41, 5.74) is 3.41. The molecule has 4 heteroatoms. The van der Waals surface area contributed by atoms with E-state index in [0.717, 1.165) is 24.2 Å². The lowest BCUT2D eigenvalue weighted by atomic mass is 9.85. The van der Waals surface area contributed by atoms with E-state index in [0.29, 0.717) is 19.6 Å². The molecule has 2 rings (SSSR count). The van der Waals surface area contributed by atoms with Crippen LogP contribution in [-0.2, 0) is 10.2 Å². The number of hydrogen-bond donors (Lipinski definition) is 1. The van der Waals surface area contributed by atoms with Crippen LogP contribution >= 0.6 is 0 Å². The topological polar surface area (TPSA) is 51.2 Å². The van der Waals surface area contributed by atoms with E-state index < -0.39 is 0 Å². The first-order chi connectivity index (χ1) is 12.4. The van der Waals surface area contributed by atoms with Crippen molar-refractivity contribution in [1.82, 2.24) is 10.3 Å². The summed E-state index contributed by atoms with van der Waals surface area (Å²) in [6, 6.07) is 10.2. The first kappa shape index (κ1) is 20.0. The van der Waals surface area contributed by atoms with Crippen molar-refractivity contribution in [2.75, 3.05) is 13.2 Å².